The van der Waals surface area contributed by atoms with E-state index in [0.717, 1.165) is 6.20 Å². The molecule has 1 aromatic rings. The van der Waals surface area contributed by atoms with Gasteiger partial charge in [0.25, 0.3) is 0 Å². The van der Waals surface area contributed by atoms with E-state index in [9.17, 15) is 23.4 Å². The van der Waals surface area contributed by atoms with Crippen LogP contribution in [0.25, 0.3) is 10.4 Å². The van der Waals surface area contributed by atoms with E-state index in [2.05, 4.69) is 31.9 Å². The molecule has 27 heavy (non-hydrogen) atoms. The fourth-order valence-electron chi connectivity index (χ4n) is 2.39. The van der Waals surface area contributed by atoms with Crippen LogP contribution in [0.15, 0.2) is 30.0 Å². The summed E-state index contributed by atoms with van der Waals surface area (Å²) in [5, 5.41) is 26.3. The van der Waals surface area contributed by atoms with Crippen LogP contribution in [0.2, 0.25) is 0 Å². The number of ether oxygens (including phenoxy) is 2. The minimum Gasteiger partial charge on any atom is -0.388 e. The van der Waals surface area contributed by atoms with Crippen LogP contribution in [-0.2, 0) is 15.7 Å². The largest absolute Gasteiger partial charge is 0.433 e. The highest BCUT2D eigenvalue weighted by Gasteiger charge is 2.45. The lowest BCUT2D eigenvalue weighted by atomic mass is 9.96. The van der Waals surface area contributed by atoms with Crippen molar-refractivity contribution in [2.45, 2.75) is 36.8 Å². The third-order valence-corrected chi connectivity index (χ3v) is 3.65. The predicted molar refractivity (Wildman–Crippen MR) is 85.3 cm³/mol. The summed E-state index contributed by atoms with van der Waals surface area (Å²) in [5.74, 6) is -0.439. The molecule has 2 rings (SSSR count). The Labute approximate surface area is 151 Å². The smallest absolute Gasteiger partial charge is 0.388 e. The van der Waals surface area contributed by atoms with E-state index in [-0.39, 0.29) is 13.2 Å². The average molecular weight is 390 g/mol. The van der Waals surface area contributed by atoms with Crippen molar-refractivity contribution < 1.29 is 32.9 Å². The van der Waals surface area contributed by atoms with Crippen molar-refractivity contribution in [1.82, 2.24) is 9.97 Å². The van der Waals surface area contributed by atoms with Crippen LogP contribution in [0.5, 0.6) is 0 Å². The normalized spacial score (nSPS) is 28.3. The predicted octanol–water partition coefficient (Wildman–Crippen LogP) is 1.24. The van der Waals surface area contributed by atoms with E-state index in [4.69, 9.17) is 15.0 Å². The Morgan fingerprint density at radius 2 is 2.19 bits per heavy atom. The quantitative estimate of drug-likeness (QED) is 0.275. The van der Waals surface area contributed by atoms with Gasteiger partial charge in [0, 0.05) is 11.1 Å². The second kappa shape index (κ2) is 8.97. The van der Waals surface area contributed by atoms with Crippen molar-refractivity contribution in [3.63, 3.8) is 0 Å². The van der Waals surface area contributed by atoms with Crippen molar-refractivity contribution in [3.8, 4) is 0 Å². The molecule has 1 aliphatic heterocycles. The van der Waals surface area contributed by atoms with Gasteiger partial charge in [-0.1, -0.05) is 11.2 Å². The second-order valence-corrected chi connectivity index (χ2v) is 5.49. The molecule has 1 saturated heterocycles. The maximum atomic E-state index is 12.8. The first-order valence-electron chi connectivity index (χ1n) is 7.69. The summed E-state index contributed by atoms with van der Waals surface area (Å²) >= 11 is 0. The number of nitrogens with one attached hydrogen (secondary N) is 1. The van der Waals surface area contributed by atoms with Gasteiger partial charge in [-0.25, -0.2) is 9.97 Å². The van der Waals surface area contributed by atoms with Gasteiger partial charge in [-0.2, -0.15) is 13.2 Å². The Bertz CT molecular complexity index is 700. The summed E-state index contributed by atoms with van der Waals surface area (Å²) in [6.45, 7) is 3.17. The zero-order valence-electron chi connectivity index (χ0n) is 13.8. The number of nitrogens with zero attached hydrogens (tertiary/aromatic N) is 5. The summed E-state index contributed by atoms with van der Waals surface area (Å²) in [6.07, 6.45) is -7.72. The second-order valence-electron chi connectivity index (χ2n) is 5.49. The molecule has 5 atom stereocenters. The number of alkyl halides is 3. The molecule has 0 aliphatic carbocycles. The fourth-order valence-corrected chi connectivity index (χ4v) is 2.39. The molecule has 1 aliphatic rings. The van der Waals surface area contributed by atoms with Gasteiger partial charge in [0.2, 0.25) is 5.95 Å². The standard InChI is InChI=1S/C14H17F3N6O4/c1-2-5-26-12-9(11(25)10(24)7(27-12)6-20-23-18)22-13-19-4-3-8(21-13)14(15,16)17/h2-4,7,9-12,24-25H,1,5-6H2,(H,19,21,22). The summed E-state index contributed by atoms with van der Waals surface area (Å²) in [7, 11) is 0. The monoisotopic (exact) mass is 390 g/mol. The highest BCUT2D eigenvalue weighted by atomic mass is 19.4. The van der Waals surface area contributed by atoms with Gasteiger partial charge in [0.15, 0.2) is 6.29 Å². The highest BCUT2D eigenvalue weighted by Crippen LogP contribution is 2.29. The number of aromatic nitrogens is 2. The minimum absolute atomic E-state index is 0.0106. The number of rotatable bonds is 7. The molecule has 13 heteroatoms. The summed E-state index contributed by atoms with van der Waals surface area (Å²) in [6, 6.07) is -0.513. The van der Waals surface area contributed by atoms with Crippen molar-refractivity contribution in [1.29, 1.82) is 0 Å². The van der Waals surface area contributed by atoms with Gasteiger partial charge in [-0.15, -0.1) is 6.58 Å². The lowest BCUT2D eigenvalue weighted by Crippen LogP contribution is -2.61. The molecule has 0 aromatic carbocycles. The first-order chi connectivity index (χ1) is 12.8. The lowest BCUT2D eigenvalue weighted by Gasteiger charge is -2.42. The van der Waals surface area contributed by atoms with E-state index >= 15 is 0 Å². The zero-order valence-corrected chi connectivity index (χ0v) is 13.8. The molecule has 2 heterocycles. The third kappa shape index (κ3) is 5.28. The first kappa shape index (κ1) is 20.9. The van der Waals surface area contributed by atoms with Gasteiger partial charge < -0.3 is 25.0 Å². The van der Waals surface area contributed by atoms with Crippen LogP contribution in [0, 0.1) is 0 Å². The third-order valence-electron chi connectivity index (χ3n) is 3.65. The summed E-state index contributed by atoms with van der Waals surface area (Å²) in [5.41, 5.74) is 7.20. The number of azide groups is 1. The Morgan fingerprint density at radius 1 is 1.44 bits per heavy atom. The topological polar surface area (TPSA) is 145 Å². The Balaban J connectivity index is 2.23. The van der Waals surface area contributed by atoms with E-state index < -0.39 is 48.5 Å². The van der Waals surface area contributed by atoms with Crippen molar-refractivity contribution in [2.75, 3.05) is 18.5 Å². The fraction of sp³-hybridized carbons (Fsp3) is 0.571. The Hall–Kier alpha value is -2.44. The van der Waals surface area contributed by atoms with E-state index in [1.807, 2.05) is 0 Å². The molecule has 3 N–H and O–H groups in total. The number of hydrogen-bond donors (Lipinski definition) is 3. The molecule has 0 radical (unpaired) electrons. The Morgan fingerprint density at radius 3 is 2.81 bits per heavy atom. The Kier molecular flexibility index (Phi) is 6.93. The molecule has 0 amide bonds. The van der Waals surface area contributed by atoms with Gasteiger partial charge in [-0.05, 0) is 11.6 Å². The van der Waals surface area contributed by atoms with Crippen LogP contribution < -0.4 is 5.32 Å². The van der Waals surface area contributed by atoms with E-state index in [1.54, 1.807) is 0 Å². The molecular weight excluding hydrogens is 373 g/mol. The van der Waals surface area contributed by atoms with Crippen LogP contribution >= 0.6 is 0 Å². The SMILES string of the molecule is C=CCOC1OC(CN=[N+]=[N-])C(O)C(O)C1Nc1nccc(C(F)(F)F)n1. The molecule has 5 unspecified atom stereocenters. The molecule has 10 nitrogen and oxygen atoms in total. The highest BCUT2D eigenvalue weighted by molar-refractivity contribution is 5.29. The van der Waals surface area contributed by atoms with Gasteiger partial charge >= 0.3 is 6.18 Å². The summed E-state index contributed by atoms with van der Waals surface area (Å²) in [4.78, 5) is 9.57. The van der Waals surface area contributed by atoms with Crippen molar-refractivity contribution in [3.05, 3.63) is 41.1 Å². The van der Waals surface area contributed by atoms with Crippen molar-refractivity contribution in [2.24, 2.45) is 5.11 Å². The van der Waals surface area contributed by atoms with Crippen LogP contribution in [0.3, 0.4) is 0 Å². The van der Waals surface area contributed by atoms with Gasteiger partial charge in [0.1, 0.15) is 23.9 Å². The van der Waals surface area contributed by atoms with Gasteiger partial charge in [0.05, 0.1) is 19.3 Å². The molecule has 0 saturated carbocycles. The number of hydrogen-bond acceptors (Lipinski definition) is 8. The molecular formula is C14H17F3N6O4. The van der Waals surface area contributed by atoms with Crippen LogP contribution in [-0.4, -0.2) is 64.0 Å². The van der Waals surface area contributed by atoms with Crippen LogP contribution in [0.1, 0.15) is 5.69 Å². The molecule has 0 spiro atoms. The maximum Gasteiger partial charge on any atom is 0.433 e. The molecule has 148 valence electrons. The number of anilines is 1. The molecule has 1 fully saturated rings. The maximum absolute atomic E-state index is 12.8. The van der Waals surface area contributed by atoms with E-state index in [0.29, 0.717) is 6.07 Å². The summed E-state index contributed by atoms with van der Waals surface area (Å²) < 4.78 is 49.2. The first-order valence-corrected chi connectivity index (χ1v) is 7.69. The number of aliphatic hydroxyl groups excluding tert-OH is 2. The van der Waals surface area contributed by atoms with E-state index in [1.165, 1.54) is 6.08 Å². The zero-order chi connectivity index (χ0) is 20.0. The number of halogens is 3. The lowest BCUT2D eigenvalue weighted by molar-refractivity contribution is -0.250. The van der Waals surface area contributed by atoms with Crippen LogP contribution in [0.4, 0.5) is 19.1 Å². The minimum atomic E-state index is -4.68. The van der Waals surface area contributed by atoms with Crippen molar-refractivity contribution >= 4 is 5.95 Å². The average Bonchev–Trinajstić information content (AvgIpc) is 2.63. The molecule has 0 bridgehead atoms. The number of aliphatic hydroxyl groups is 2. The van der Waals surface area contributed by atoms with Gasteiger partial charge in [-0.3, -0.25) is 0 Å². The molecule has 1 aromatic heterocycles.